The summed E-state index contributed by atoms with van der Waals surface area (Å²) in [6.07, 6.45) is 1.27. The first-order valence-corrected chi connectivity index (χ1v) is 4.89. The molecule has 0 saturated heterocycles. The van der Waals surface area contributed by atoms with E-state index < -0.39 is 0 Å². The summed E-state index contributed by atoms with van der Waals surface area (Å²) >= 11 is 6.80. The van der Waals surface area contributed by atoms with Gasteiger partial charge in [0.05, 0.1) is 17.8 Å². The molecule has 14 heavy (non-hydrogen) atoms. The van der Waals surface area contributed by atoms with Crippen molar-refractivity contribution in [3.8, 4) is 0 Å². The van der Waals surface area contributed by atoms with Crippen LogP contribution in [-0.2, 0) is 0 Å². The lowest BCUT2D eigenvalue weighted by molar-refractivity contribution is 0.407. The summed E-state index contributed by atoms with van der Waals surface area (Å²) in [6, 6.07) is -0.116. The molecule has 6 nitrogen and oxygen atoms in total. The summed E-state index contributed by atoms with van der Waals surface area (Å²) in [5.74, 6) is 1.09. The molecule has 1 N–H and O–H groups in total. The van der Waals surface area contributed by atoms with Crippen LogP contribution < -0.4 is 5.32 Å². The zero-order valence-corrected chi connectivity index (χ0v) is 8.71. The van der Waals surface area contributed by atoms with Gasteiger partial charge < -0.3 is 9.84 Å². The molecule has 2 rings (SSSR count). The highest BCUT2D eigenvalue weighted by Crippen LogP contribution is 2.22. The fraction of sp³-hybridized carbons (Fsp3) is 0.333. The maximum absolute atomic E-state index is 5.76. The molecule has 1 atom stereocenters. The molecule has 0 fully saturated rings. The fourth-order valence-corrected chi connectivity index (χ4v) is 1.56. The maximum Gasteiger partial charge on any atom is 0.213 e. The van der Waals surface area contributed by atoms with Gasteiger partial charge >= 0.3 is 0 Å². The van der Waals surface area contributed by atoms with Gasteiger partial charge in [-0.25, -0.2) is 0 Å². The summed E-state index contributed by atoms with van der Waals surface area (Å²) in [6.45, 7) is 1.88. The quantitative estimate of drug-likeness (QED) is 0.867. The van der Waals surface area contributed by atoms with Gasteiger partial charge in [-0.1, -0.05) is 16.8 Å². The molecule has 0 aliphatic carbocycles. The Kier molecular flexibility index (Phi) is 2.60. The minimum absolute atomic E-state index is 0.116. The van der Waals surface area contributed by atoms with Gasteiger partial charge in [-0.2, -0.15) is 13.7 Å². The van der Waals surface area contributed by atoms with Gasteiger partial charge in [0.2, 0.25) is 6.39 Å². The SMILES string of the molecule is CC(Nc1nsnc1Cl)c1ncon1. The Bertz CT molecular complexity index is 402. The first-order valence-electron chi connectivity index (χ1n) is 3.78. The standard InChI is InChI=1S/C6H6ClN5OS/c1-3(5-8-2-13-10-5)9-6-4(7)11-14-12-6/h2-3H,1H3,(H,9,12). The normalized spacial score (nSPS) is 12.7. The van der Waals surface area contributed by atoms with Crippen molar-refractivity contribution in [1.82, 2.24) is 18.9 Å². The van der Waals surface area contributed by atoms with Crippen LogP contribution in [0.3, 0.4) is 0 Å². The van der Waals surface area contributed by atoms with Gasteiger partial charge in [0, 0.05) is 0 Å². The average molecular weight is 232 g/mol. The zero-order valence-electron chi connectivity index (χ0n) is 7.14. The van der Waals surface area contributed by atoms with E-state index in [2.05, 4.69) is 28.7 Å². The second-order valence-corrected chi connectivity index (χ2v) is 3.45. The van der Waals surface area contributed by atoms with E-state index in [0.29, 0.717) is 16.8 Å². The van der Waals surface area contributed by atoms with Crippen LogP contribution in [0.5, 0.6) is 0 Å². The molecule has 0 radical (unpaired) electrons. The Morgan fingerprint density at radius 3 is 3.00 bits per heavy atom. The van der Waals surface area contributed by atoms with Crippen molar-refractivity contribution >= 4 is 29.1 Å². The number of hydrogen-bond acceptors (Lipinski definition) is 7. The van der Waals surface area contributed by atoms with Crippen molar-refractivity contribution in [2.24, 2.45) is 0 Å². The maximum atomic E-state index is 5.76. The molecule has 0 aliphatic rings. The van der Waals surface area contributed by atoms with Crippen LogP contribution in [0.1, 0.15) is 18.8 Å². The van der Waals surface area contributed by atoms with Crippen molar-refractivity contribution in [1.29, 1.82) is 0 Å². The van der Waals surface area contributed by atoms with Gasteiger partial charge in [0.1, 0.15) is 0 Å². The molecule has 0 saturated carbocycles. The number of halogens is 1. The van der Waals surface area contributed by atoms with Crippen molar-refractivity contribution in [2.45, 2.75) is 13.0 Å². The molecule has 74 valence electrons. The van der Waals surface area contributed by atoms with Gasteiger partial charge in [0.25, 0.3) is 0 Å². The molecule has 8 heteroatoms. The van der Waals surface area contributed by atoms with Crippen molar-refractivity contribution in [3.05, 3.63) is 17.4 Å². The van der Waals surface area contributed by atoms with Crippen LogP contribution in [0, 0.1) is 0 Å². The van der Waals surface area contributed by atoms with E-state index in [4.69, 9.17) is 11.6 Å². The number of hydrogen-bond donors (Lipinski definition) is 1. The zero-order chi connectivity index (χ0) is 9.97. The lowest BCUT2D eigenvalue weighted by Crippen LogP contribution is -2.08. The van der Waals surface area contributed by atoms with E-state index in [9.17, 15) is 0 Å². The van der Waals surface area contributed by atoms with Crippen molar-refractivity contribution in [3.63, 3.8) is 0 Å². The van der Waals surface area contributed by atoms with Gasteiger partial charge in [0.15, 0.2) is 16.8 Å². The smallest absolute Gasteiger partial charge is 0.213 e. The van der Waals surface area contributed by atoms with Crippen LogP contribution in [0.4, 0.5) is 5.82 Å². The molecule has 0 spiro atoms. The van der Waals surface area contributed by atoms with Crippen LogP contribution in [0.15, 0.2) is 10.9 Å². The summed E-state index contributed by atoms with van der Waals surface area (Å²) in [5, 5.41) is 7.05. The fourth-order valence-electron chi connectivity index (χ4n) is 0.903. The first kappa shape index (κ1) is 9.35. The largest absolute Gasteiger partial charge is 0.357 e. The first-order chi connectivity index (χ1) is 6.77. The third-order valence-electron chi connectivity index (χ3n) is 1.57. The van der Waals surface area contributed by atoms with E-state index >= 15 is 0 Å². The average Bonchev–Trinajstić information content (AvgIpc) is 2.77. The lowest BCUT2D eigenvalue weighted by Gasteiger charge is -2.07. The second kappa shape index (κ2) is 3.89. The number of nitrogens with one attached hydrogen (secondary N) is 1. The summed E-state index contributed by atoms with van der Waals surface area (Å²) < 4.78 is 12.4. The topological polar surface area (TPSA) is 76.7 Å². The third kappa shape index (κ3) is 1.83. The van der Waals surface area contributed by atoms with Gasteiger partial charge in [-0.05, 0) is 6.92 Å². The van der Waals surface area contributed by atoms with Crippen LogP contribution in [0.25, 0.3) is 0 Å². The summed E-state index contributed by atoms with van der Waals surface area (Å²) in [7, 11) is 0. The lowest BCUT2D eigenvalue weighted by atomic mass is 10.3. The third-order valence-corrected chi connectivity index (χ3v) is 2.46. The highest BCUT2D eigenvalue weighted by molar-refractivity contribution is 6.99. The summed E-state index contributed by atoms with van der Waals surface area (Å²) in [4.78, 5) is 3.90. The molecule has 2 aromatic rings. The Labute approximate surface area is 88.6 Å². The van der Waals surface area contributed by atoms with Crippen LogP contribution in [0.2, 0.25) is 5.15 Å². The molecule has 0 amide bonds. The number of aromatic nitrogens is 4. The molecular formula is C6H6ClN5OS. The Hall–Kier alpha value is -1.21. The van der Waals surface area contributed by atoms with E-state index in [1.54, 1.807) is 0 Å². The minimum atomic E-state index is -0.116. The van der Waals surface area contributed by atoms with Crippen molar-refractivity contribution < 1.29 is 4.52 Å². The molecule has 1 unspecified atom stereocenters. The minimum Gasteiger partial charge on any atom is -0.357 e. The Morgan fingerprint density at radius 1 is 1.57 bits per heavy atom. The van der Waals surface area contributed by atoms with Crippen LogP contribution >= 0.6 is 23.3 Å². The molecular weight excluding hydrogens is 226 g/mol. The number of anilines is 1. The van der Waals surface area contributed by atoms with E-state index in [0.717, 1.165) is 11.7 Å². The van der Waals surface area contributed by atoms with E-state index in [1.165, 1.54) is 6.39 Å². The van der Waals surface area contributed by atoms with Crippen LogP contribution in [-0.4, -0.2) is 18.9 Å². The number of nitrogens with zero attached hydrogens (tertiary/aromatic N) is 4. The predicted molar refractivity (Wildman–Crippen MR) is 51.3 cm³/mol. The number of rotatable bonds is 3. The van der Waals surface area contributed by atoms with E-state index in [1.807, 2.05) is 6.92 Å². The summed E-state index contributed by atoms with van der Waals surface area (Å²) in [5.41, 5.74) is 0. The van der Waals surface area contributed by atoms with Crippen molar-refractivity contribution in [2.75, 3.05) is 5.32 Å². The Balaban J connectivity index is 2.09. The molecule has 0 bridgehead atoms. The molecule has 2 aromatic heterocycles. The Morgan fingerprint density at radius 2 is 2.43 bits per heavy atom. The molecule has 0 aliphatic heterocycles. The highest BCUT2D eigenvalue weighted by Gasteiger charge is 2.13. The highest BCUT2D eigenvalue weighted by atomic mass is 35.5. The van der Waals surface area contributed by atoms with Gasteiger partial charge in [-0.15, -0.1) is 0 Å². The monoisotopic (exact) mass is 231 g/mol. The second-order valence-electron chi connectivity index (χ2n) is 2.56. The molecule has 2 heterocycles. The van der Waals surface area contributed by atoms with E-state index in [-0.39, 0.29) is 6.04 Å². The van der Waals surface area contributed by atoms with Gasteiger partial charge in [-0.3, -0.25) is 0 Å². The molecule has 0 aromatic carbocycles. The predicted octanol–water partition coefficient (Wildman–Crippen LogP) is 1.75.